The largest absolute Gasteiger partial charge is 0.304 e. The molecule has 5 heavy (non-hydrogen) atoms. The molecule has 0 aliphatic heterocycles. The molecule has 0 aromatic rings. The molecule has 0 amide bonds. The summed E-state index contributed by atoms with van der Waals surface area (Å²) in [6, 6.07) is 0. The van der Waals surface area contributed by atoms with Gasteiger partial charge in [0.25, 0.3) is 0 Å². The van der Waals surface area contributed by atoms with Gasteiger partial charge >= 0.3 is 0 Å². The Morgan fingerprint density at radius 2 is 1.40 bits per heavy atom. The molecule has 0 spiro atoms. The lowest BCUT2D eigenvalue weighted by molar-refractivity contribution is -0.106. The molecule has 0 fully saturated rings. The van der Waals surface area contributed by atoms with Crippen molar-refractivity contribution in [3.05, 3.63) is 0 Å². The second-order valence-electron chi connectivity index (χ2n) is 0.236. The molecule has 0 bridgehead atoms. The quantitative estimate of drug-likeness (QED) is 0.399. The fraction of sp³-hybridized carbons (Fsp3) is 0.750. The van der Waals surface area contributed by atoms with Crippen molar-refractivity contribution in [1.29, 1.82) is 0 Å². The van der Waals surface area contributed by atoms with E-state index in [0.717, 1.165) is 6.29 Å². The van der Waals surface area contributed by atoms with Crippen LogP contribution in [0.5, 0.6) is 0 Å². The highest BCUT2D eigenvalue weighted by molar-refractivity contribution is 5.44. The number of carbonyl (C=O) groups excluding carboxylic acids is 1. The Hall–Kier alpha value is -0.330. The minimum absolute atomic E-state index is 0. The highest BCUT2D eigenvalue weighted by Gasteiger charge is 1.24. The van der Waals surface area contributed by atoms with E-state index in [9.17, 15) is 0 Å². The summed E-state index contributed by atoms with van der Waals surface area (Å²) in [5.74, 6) is 0. The van der Waals surface area contributed by atoms with Gasteiger partial charge in [-0.15, -0.1) is 0 Å². The molecule has 1 heteroatoms. The highest BCUT2D eigenvalue weighted by Crippen LogP contribution is 1.13. The van der Waals surface area contributed by atoms with E-state index in [4.69, 9.17) is 4.79 Å². The van der Waals surface area contributed by atoms with Gasteiger partial charge in [-0.2, -0.15) is 0 Å². The van der Waals surface area contributed by atoms with Gasteiger partial charge in [0.1, 0.15) is 6.29 Å². The summed E-state index contributed by atoms with van der Waals surface area (Å²) in [4.78, 5) is 8.81. The zero-order valence-electron chi connectivity index (χ0n) is 1.99. The van der Waals surface area contributed by atoms with Crippen LogP contribution in [-0.2, 0) is 4.79 Å². The normalized spacial score (nSPS) is 2.60. The van der Waals surface area contributed by atoms with Gasteiger partial charge in [-0.1, -0.05) is 14.9 Å². The first-order valence-corrected chi connectivity index (χ1v) is 0.813. The highest BCUT2D eigenvalue weighted by atomic mass is 16.1. The molecule has 0 aliphatic rings. The van der Waals surface area contributed by atoms with Crippen LogP contribution in [0.15, 0.2) is 0 Å². The molecule has 0 aromatic carbocycles. The topological polar surface area (TPSA) is 17.1 Å². The molecule has 0 unspecified atom stereocenters. The lowest BCUT2D eigenvalue weighted by Crippen LogP contribution is -1.36. The summed E-state index contributed by atoms with van der Waals surface area (Å²) in [6.45, 7) is 1.44. The summed E-state index contributed by atoms with van der Waals surface area (Å²) in [5, 5.41) is 0. The predicted molar refractivity (Wildman–Crippen MR) is 25.2 cm³/mol. The van der Waals surface area contributed by atoms with Crippen molar-refractivity contribution in [2.75, 3.05) is 0 Å². The molecule has 0 aliphatic carbocycles. The van der Waals surface area contributed by atoms with E-state index in [1.165, 1.54) is 6.92 Å². The van der Waals surface area contributed by atoms with Crippen molar-refractivity contribution < 1.29 is 4.79 Å². The summed E-state index contributed by atoms with van der Waals surface area (Å²) in [5.41, 5.74) is 0. The van der Waals surface area contributed by atoms with Crippen molar-refractivity contribution in [2.24, 2.45) is 0 Å². The third-order valence-electron chi connectivity index (χ3n) is 0. The molecule has 1 nitrogen and oxygen atoms in total. The van der Waals surface area contributed by atoms with Crippen LogP contribution in [0.1, 0.15) is 21.8 Å². The molecule has 34 valence electrons. The Kier molecular flexibility index (Phi) is 263. The number of rotatable bonds is 0. The van der Waals surface area contributed by atoms with Gasteiger partial charge in [-0.25, -0.2) is 0 Å². The van der Waals surface area contributed by atoms with E-state index >= 15 is 0 Å². The summed E-state index contributed by atoms with van der Waals surface area (Å²) >= 11 is 0. The lowest BCUT2D eigenvalue weighted by atomic mass is 11.0. The van der Waals surface area contributed by atoms with Gasteiger partial charge in [0.05, 0.1) is 0 Å². The maximum Gasteiger partial charge on any atom is 0.116 e. The second-order valence-corrected chi connectivity index (χ2v) is 0.236. The van der Waals surface area contributed by atoms with Crippen molar-refractivity contribution in [3.63, 3.8) is 0 Å². The Labute approximate surface area is 34.0 Å². The number of hydrogen-bond acceptors (Lipinski definition) is 1. The van der Waals surface area contributed by atoms with Crippen LogP contribution < -0.4 is 0 Å². The van der Waals surface area contributed by atoms with E-state index < -0.39 is 0 Å². The van der Waals surface area contributed by atoms with Crippen molar-refractivity contribution in [3.8, 4) is 0 Å². The Morgan fingerprint density at radius 3 is 1.40 bits per heavy atom. The molecule has 0 saturated carbocycles. The Morgan fingerprint density at radius 1 is 1.40 bits per heavy atom. The van der Waals surface area contributed by atoms with Crippen molar-refractivity contribution in [2.45, 2.75) is 21.8 Å². The smallest absolute Gasteiger partial charge is 0.116 e. The monoisotopic (exact) mass is 76.1 g/mol. The summed E-state index contributed by atoms with van der Waals surface area (Å²) in [7, 11) is 0. The van der Waals surface area contributed by atoms with Gasteiger partial charge in [-0.05, 0) is 6.92 Å². The number of hydrogen-bond donors (Lipinski definition) is 0. The zero-order chi connectivity index (χ0) is 2.71. The number of aldehydes is 1. The van der Waals surface area contributed by atoms with Gasteiger partial charge in [0, 0.05) is 0 Å². The van der Waals surface area contributed by atoms with Gasteiger partial charge < -0.3 is 4.79 Å². The van der Waals surface area contributed by atoms with E-state index in [1.54, 1.807) is 0 Å². The maximum absolute atomic E-state index is 8.81. The summed E-state index contributed by atoms with van der Waals surface area (Å²) < 4.78 is 0. The molecule has 0 saturated heterocycles. The summed E-state index contributed by atoms with van der Waals surface area (Å²) in [6.07, 6.45) is 0.750. The van der Waals surface area contributed by atoms with Crippen LogP contribution >= 0.6 is 0 Å². The Balaban J connectivity index is -0.0000000200. The third-order valence-corrected chi connectivity index (χ3v) is 0. The van der Waals surface area contributed by atoms with Gasteiger partial charge in [0.15, 0.2) is 0 Å². The van der Waals surface area contributed by atoms with Crippen LogP contribution in [0.25, 0.3) is 0 Å². The van der Waals surface area contributed by atoms with Crippen LogP contribution in [0, 0.1) is 0 Å². The minimum atomic E-state index is 0. The predicted octanol–water partition coefficient (Wildman–Crippen LogP) is 1.48. The second kappa shape index (κ2) is 58.3. The molecule has 0 aromatic heterocycles. The minimum Gasteiger partial charge on any atom is -0.304 e. The first kappa shape index (κ1) is 22.6. The third kappa shape index (κ3) is 94.0. The maximum atomic E-state index is 8.81. The average molecular weight is 76.1 g/mol. The van der Waals surface area contributed by atoms with Crippen LogP contribution in [0.3, 0.4) is 0 Å². The Bertz CT molecular complexity index is 11.1. The number of carbonyl (C=O) groups is 1. The SMILES string of the molecule is C.C.CC=O. The first-order valence-electron chi connectivity index (χ1n) is 0.813. The van der Waals surface area contributed by atoms with Crippen molar-refractivity contribution in [1.82, 2.24) is 0 Å². The van der Waals surface area contributed by atoms with Gasteiger partial charge in [-0.3, -0.25) is 0 Å². The fourth-order valence-electron chi connectivity index (χ4n) is 0. The molecular formula is C4H12O. The standard InChI is InChI=1S/C2H4O.2CH4/c1-2-3;;/h2H,1H3;2*1H4. The zero-order valence-corrected chi connectivity index (χ0v) is 1.99. The van der Waals surface area contributed by atoms with Crippen LogP contribution in [-0.4, -0.2) is 6.29 Å². The molecule has 0 radical (unpaired) electrons. The van der Waals surface area contributed by atoms with E-state index in [1.807, 2.05) is 0 Å². The lowest BCUT2D eigenvalue weighted by Gasteiger charge is -1.23. The fourth-order valence-corrected chi connectivity index (χ4v) is 0. The van der Waals surface area contributed by atoms with Crippen LogP contribution in [0.4, 0.5) is 0 Å². The first-order chi connectivity index (χ1) is 1.41. The van der Waals surface area contributed by atoms with E-state index in [0.29, 0.717) is 0 Å². The molecular weight excluding hydrogens is 64.0 g/mol. The van der Waals surface area contributed by atoms with Crippen LogP contribution in [0.2, 0.25) is 0 Å². The van der Waals surface area contributed by atoms with E-state index in [-0.39, 0.29) is 14.9 Å². The van der Waals surface area contributed by atoms with Gasteiger partial charge in [0.2, 0.25) is 0 Å². The molecule has 0 heterocycles. The van der Waals surface area contributed by atoms with Crippen molar-refractivity contribution >= 4 is 6.29 Å². The van der Waals surface area contributed by atoms with E-state index in [2.05, 4.69) is 0 Å². The molecule has 0 N–H and O–H groups in total. The molecule has 0 rings (SSSR count). The average Bonchev–Trinajstić information content (AvgIpc) is 0.918. The molecule has 0 atom stereocenters.